The van der Waals surface area contributed by atoms with Gasteiger partial charge in [-0.2, -0.15) is 10.2 Å². The molecule has 7 heteroatoms. The molecule has 168 valence electrons. The van der Waals surface area contributed by atoms with Crippen LogP contribution in [0.1, 0.15) is 5.56 Å². The summed E-state index contributed by atoms with van der Waals surface area (Å²) in [7, 11) is 1.27. The fraction of sp³-hybridized carbons (Fsp3) is 0.0741. The number of nitrogens with one attached hydrogen (secondary N) is 2. The van der Waals surface area contributed by atoms with Crippen LogP contribution in [0.25, 0.3) is 45.0 Å². The first-order chi connectivity index (χ1) is 16.6. The molecule has 0 fully saturated rings. The maximum absolute atomic E-state index is 11.2. The molecule has 0 radical (unpaired) electrons. The minimum Gasteiger partial charge on any atom is -0.437 e. The van der Waals surface area contributed by atoms with E-state index in [2.05, 4.69) is 62.4 Å². The first-order valence-corrected chi connectivity index (χ1v) is 10.7. The smallest absolute Gasteiger partial charge is 0.437 e. The Morgan fingerprint density at radius 1 is 0.735 bits per heavy atom. The van der Waals surface area contributed by atoms with E-state index in [1.165, 1.54) is 12.7 Å². The number of carbonyl (C=O) groups is 1. The summed E-state index contributed by atoms with van der Waals surface area (Å²) in [5.41, 5.74) is 8.78. The van der Waals surface area contributed by atoms with Crippen molar-refractivity contribution in [3.05, 3.63) is 90.5 Å². The van der Waals surface area contributed by atoms with E-state index in [4.69, 9.17) is 4.74 Å². The third-order valence-electron chi connectivity index (χ3n) is 5.58. The van der Waals surface area contributed by atoms with Gasteiger partial charge in [0, 0.05) is 22.3 Å². The predicted octanol–water partition coefficient (Wildman–Crippen LogP) is 6.25. The minimum absolute atomic E-state index is 0.406. The molecule has 0 aliphatic heterocycles. The van der Waals surface area contributed by atoms with Crippen LogP contribution in [0.5, 0.6) is 5.75 Å². The summed E-state index contributed by atoms with van der Waals surface area (Å²) in [5.74, 6) is 0.406. The van der Waals surface area contributed by atoms with E-state index in [1.54, 1.807) is 12.1 Å². The maximum atomic E-state index is 11.2. The standard InChI is InChI=1S/C27H22N4O3/c1-17-6-3-4-9-22(17)26-16-25(30-31-26)20-8-5-7-19(14-20)24-15-23(28-29-24)18-10-12-21(13-11-18)34-27(32)33-2/h3-16H,1-2H3,(H,28,29)(H,30,31). The number of aromatic amines is 2. The molecule has 2 N–H and O–H groups in total. The van der Waals surface area contributed by atoms with Crippen LogP contribution in [-0.2, 0) is 4.74 Å². The average molecular weight is 450 g/mol. The zero-order valence-electron chi connectivity index (χ0n) is 18.7. The lowest BCUT2D eigenvalue weighted by atomic mass is 10.0. The lowest BCUT2D eigenvalue weighted by Crippen LogP contribution is -2.06. The van der Waals surface area contributed by atoms with E-state index in [-0.39, 0.29) is 0 Å². The molecule has 0 amide bonds. The summed E-state index contributed by atoms with van der Waals surface area (Å²) in [6, 6.07) is 27.5. The number of aryl methyl sites for hydroxylation is 1. The van der Waals surface area contributed by atoms with E-state index in [0.29, 0.717) is 5.75 Å². The molecule has 0 unspecified atom stereocenters. The van der Waals surface area contributed by atoms with Crippen molar-refractivity contribution in [1.29, 1.82) is 0 Å². The van der Waals surface area contributed by atoms with Crippen molar-refractivity contribution in [2.24, 2.45) is 0 Å². The highest BCUT2D eigenvalue weighted by molar-refractivity contribution is 5.75. The largest absolute Gasteiger partial charge is 0.513 e. The maximum Gasteiger partial charge on any atom is 0.513 e. The number of H-pyrrole nitrogens is 2. The Labute approximate surface area is 196 Å². The monoisotopic (exact) mass is 450 g/mol. The van der Waals surface area contributed by atoms with Crippen molar-refractivity contribution in [3.63, 3.8) is 0 Å². The van der Waals surface area contributed by atoms with Gasteiger partial charge in [0.1, 0.15) is 5.75 Å². The van der Waals surface area contributed by atoms with E-state index in [0.717, 1.165) is 45.0 Å². The van der Waals surface area contributed by atoms with Gasteiger partial charge in [-0.25, -0.2) is 4.79 Å². The minimum atomic E-state index is -0.752. The van der Waals surface area contributed by atoms with Crippen LogP contribution in [0.4, 0.5) is 4.79 Å². The molecule has 0 atom stereocenters. The molecule has 0 aliphatic rings. The summed E-state index contributed by atoms with van der Waals surface area (Å²) in [6.45, 7) is 2.08. The van der Waals surface area contributed by atoms with Crippen LogP contribution in [0, 0.1) is 6.92 Å². The van der Waals surface area contributed by atoms with Crippen molar-refractivity contribution in [3.8, 4) is 50.8 Å². The average Bonchev–Trinajstić information content (AvgIpc) is 3.56. The zero-order valence-corrected chi connectivity index (χ0v) is 18.7. The molecule has 0 spiro atoms. The topological polar surface area (TPSA) is 92.9 Å². The van der Waals surface area contributed by atoms with Crippen molar-refractivity contribution >= 4 is 6.16 Å². The Hall–Kier alpha value is -4.65. The van der Waals surface area contributed by atoms with Crippen LogP contribution in [0.3, 0.4) is 0 Å². The Balaban J connectivity index is 1.38. The number of ether oxygens (including phenoxy) is 2. The highest BCUT2D eigenvalue weighted by Gasteiger charge is 2.11. The molecule has 0 saturated heterocycles. The molecule has 2 heterocycles. The summed E-state index contributed by atoms with van der Waals surface area (Å²) < 4.78 is 9.53. The summed E-state index contributed by atoms with van der Waals surface area (Å²) in [6.07, 6.45) is -0.752. The van der Waals surface area contributed by atoms with Crippen molar-refractivity contribution in [1.82, 2.24) is 20.4 Å². The molecule has 0 saturated carbocycles. The summed E-state index contributed by atoms with van der Waals surface area (Å²) in [5, 5.41) is 15.2. The van der Waals surface area contributed by atoms with Crippen molar-refractivity contribution in [2.75, 3.05) is 7.11 Å². The lowest BCUT2D eigenvalue weighted by Gasteiger charge is -2.03. The van der Waals surface area contributed by atoms with Gasteiger partial charge in [-0.1, -0.05) is 42.5 Å². The number of hydrogen-bond donors (Lipinski definition) is 2. The Bertz CT molecular complexity index is 1450. The van der Waals surface area contributed by atoms with E-state index >= 15 is 0 Å². The molecule has 3 aromatic carbocycles. The zero-order chi connectivity index (χ0) is 23.5. The third kappa shape index (κ3) is 4.31. The number of carbonyl (C=O) groups excluding carboxylic acids is 1. The second-order valence-electron chi connectivity index (χ2n) is 7.81. The second-order valence-corrected chi connectivity index (χ2v) is 7.81. The van der Waals surface area contributed by atoms with E-state index < -0.39 is 6.16 Å². The van der Waals surface area contributed by atoms with Gasteiger partial charge in [-0.15, -0.1) is 0 Å². The van der Waals surface area contributed by atoms with Crippen LogP contribution in [0.15, 0.2) is 84.9 Å². The SMILES string of the molecule is COC(=O)Oc1ccc(-c2cc(-c3cccc(-c4cc(-c5ccccc5C)n[nH]4)c3)[nH]n2)cc1. The number of rotatable bonds is 5. The normalized spacial score (nSPS) is 10.8. The third-order valence-corrected chi connectivity index (χ3v) is 5.58. The number of aromatic nitrogens is 4. The van der Waals surface area contributed by atoms with Gasteiger partial charge in [0.25, 0.3) is 0 Å². The Kier molecular flexibility index (Phi) is 5.66. The summed E-state index contributed by atoms with van der Waals surface area (Å²) in [4.78, 5) is 11.2. The van der Waals surface area contributed by atoms with Crippen LogP contribution in [-0.4, -0.2) is 33.7 Å². The first-order valence-electron chi connectivity index (χ1n) is 10.7. The van der Waals surface area contributed by atoms with E-state index in [1.807, 2.05) is 42.5 Å². The van der Waals surface area contributed by atoms with Crippen LogP contribution >= 0.6 is 0 Å². The highest BCUT2D eigenvalue weighted by Crippen LogP contribution is 2.30. The van der Waals surface area contributed by atoms with Gasteiger partial charge in [-0.3, -0.25) is 10.2 Å². The Morgan fingerprint density at radius 3 is 2.06 bits per heavy atom. The highest BCUT2D eigenvalue weighted by atomic mass is 16.7. The van der Waals surface area contributed by atoms with Crippen LogP contribution < -0.4 is 4.74 Å². The molecular weight excluding hydrogens is 428 g/mol. The van der Waals surface area contributed by atoms with Crippen molar-refractivity contribution in [2.45, 2.75) is 6.92 Å². The van der Waals surface area contributed by atoms with Gasteiger partial charge in [0.05, 0.1) is 29.9 Å². The fourth-order valence-corrected chi connectivity index (χ4v) is 3.77. The van der Waals surface area contributed by atoms with Crippen LogP contribution in [0.2, 0.25) is 0 Å². The van der Waals surface area contributed by atoms with Gasteiger partial charge in [0.15, 0.2) is 0 Å². The predicted molar refractivity (Wildman–Crippen MR) is 130 cm³/mol. The van der Waals surface area contributed by atoms with Gasteiger partial charge in [-0.05, 0) is 55.0 Å². The number of benzene rings is 3. The van der Waals surface area contributed by atoms with Crippen molar-refractivity contribution < 1.29 is 14.3 Å². The number of hydrogen-bond acceptors (Lipinski definition) is 5. The molecule has 0 aliphatic carbocycles. The number of nitrogens with zero attached hydrogens (tertiary/aromatic N) is 2. The molecule has 34 heavy (non-hydrogen) atoms. The lowest BCUT2D eigenvalue weighted by molar-refractivity contribution is 0.121. The Morgan fingerprint density at radius 2 is 1.38 bits per heavy atom. The van der Waals surface area contributed by atoms with E-state index in [9.17, 15) is 4.79 Å². The molecule has 5 rings (SSSR count). The first kappa shape index (κ1) is 21.2. The van der Waals surface area contributed by atoms with Gasteiger partial charge in [0.2, 0.25) is 0 Å². The molecule has 2 aromatic heterocycles. The summed E-state index contributed by atoms with van der Waals surface area (Å²) >= 11 is 0. The van der Waals surface area contributed by atoms with Gasteiger partial charge < -0.3 is 9.47 Å². The number of methoxy groups -OCH3 is 1. The second kappa shape index (κ2) is 9.07. The molecule has 7 nitrogen and oxygen atoms in total. The quantitative estimate of drug-likeness (QED) is 0.244. The fourth-order valence-electron chi connectivity index (χ4n) is 3.77. The van der Waals surface area contributed by atoms with Gasteiger partial charge >= 0.3 is 6.16 Å². The molecule has 0 bridgehead atoms. The molecule has 5 aromatic rings. The molecular formula is C27H22N4O3.